The highest BCUT2D eigenvalue weighted by Gasteiger charge is 2.04. The van der Waals surface area contributed by atoms with Crippen LogP contribution in [0.1, 0.15) is 5.56 Å². The van der Waals surface area contributed by atoms with Crippen LogP contribution in [0.25, 0.3) is 0 Å². The van der Waals surface area contributed by atoms with Crippen LogP contribution in [0.5, 0.6) is 5.88 Å². The maximum absolute atomic E-state index is 11.4. The standard InChI is InChI=1S/C6H5N7O2S/c14-3-2(4(15)9-6(16)8-3)1-7-5-10-12-13-11-5/h1H,(H,10,11,12,13)(H3,8,9,14,15,16)/b7-1+. The molecule has 2 heterocycles. The molecule has 10 heteroatoms. The fourth-order valence-electron chi connectivity index (χ4n) is 0.937. The Morgan fingerprint density at radius 1 is 1.44 bits per heavy atom. The molecular formula is C6H5N7O2S. The number of H-pyrrole nitrogens is 3. The fraction of sp³-hybridized carbons (Fsp3) is 0. The Bertz CT molecular complexity index is 625. The van der Waals surface area contributed by atoms with Gasteiger partial charge in [0, 0.05) is 6.21 Å². The quantitative estimate of drug-likeness (QED) is 0.408. The molecule has 0 saturated carbocycles. The second kappa shape index (κ2) is 4.02. The normalized spacial score (nSPS) is 11.0. The highest BCUT2D eigenvalue weighted by molar-refractivity contribution is 7.71. The lowest BCUT2D eigenvalue weighted by Gasteiger charge is -1.95. The van der Waals surface area contributed by atoms with Gasteiger partial charge in [0.25, 0.3) is 11.5 Å². The lowest BCUT2D eigenvalue weighted by Crippen LogP contribution is -2.13. The first-order valence-corrected chi connectivity index (χ1v) is 4.41. The average Bonchev–Trinajstić information content (AvgIpc) is 2.68. The van der Waals surface area contributed by atoms with Crippen molar-refractivity contribution in [1.29, 1.82) is 0 Å². The van der Waals surface area contributed by atoms with Crippen molar-refractivity contribution in [2.75, 3.05) is 0 Å². The van der Waals surface area contributed by atoms with Crippen LogP contribution >= 0.6 is 12.2 Å². The lowest BCUT2D eigenvalue weighted by molar-refractivity contribution is 0.449. The summed E-state index contributed by atoms with van der Waals surface area (Å²) in [5.41, 5.74) is -0.633. The van der Waals surface area contributed by atoms with E-state index in [2.05, 4.69) is 47.8 Å². The summed E-state index contributed by atoms with van der Waals surface area (Å²) >= 11 is 4.66. The molecule has 0 saturated heterocycles. The zero-order chi connectivity index (χ0) is 11.5. The summed E-state index contributed by atoms with van der Waals surface area (Å²) in [4.78, 5) is 19.7. The maximum atomic E-state index is 11.4. The van der Waals surface area contributed by atoms with Gasteiger partial charge in [-0.05, 0) is 17.4 Å². The molecule has 0 aliphatic heterocycles. The third-order valence-electron chi connectivity index (χ3n) is 1.60. The Morgan fingerprint density at radius 3 is 2.88 bits per heavy atom. The Hall–Kier alpha value is -2.36. The second-order valence-electron chi connectivity index (χ2n) is 2.64. The highest BCUT2D eigenvalue weighted by atomic mass is 32.1. The molecule has 0 amide bonds. The number of nitrogens with one attached hydrogen (secondary N) is 3. The van der Waals surface area contributed by atoms with Gasteiger partial charge in [0.05, 0.1) is 0 Å². The van der Waals surface area contributed by atoms with Crippen molar-refractivity contribution in [3.8, 4) is 5.88 Å². The monoisotopic (exact) mass is 239 g/mol. The van der Waals surface area contributed by atoms with Gasteiger partial charge in [-0.25, -0.2) is 4.99 Å². The first kappa shape index (κ1) is 10.2. The smallest absolute Gasteiger partial charge is 0.288 e. The van der Waals surface area contributed by atoms with E-state index in [0.29, 0.717) is 0 Å². The topological polar surface area (TPSA) is 136 Å². The van der Waals surface area contributed by atoms with Gasteiger partial charge in [0.1, 0.15) is 5.56 Å². The number of aromatic amines is 3. The Labute approximate surface area is 92.3 Å². The van der Waals surface area contributed by atoms with Crippen molar-refractivity contribution in [3.63, 3.8) is 0 Å². The fourth-order valence-corrected chi connectivity index (χ4v) is 1.13. The van der Waals surface area contributed by atoms with Crippen LogP contribution in [-0.4, -0.2) is 41.9 Å². The molecule has 4 N–H and O–H groups in total. The zero-order valence-corrected chi connectivity index (χ0v) is 8.45. The Kier molecular flexibility index (Phi) is 2.55. The van der Waals surface area contributed by atoms with Gasteiger partial charge in [-0.1, -0.05) is 5.10 Å². The second-order valence-corrected chi connectivity index (χ2v) is 3.05. The van der Waals surface area contributed by atoms with Gasteiger partial charge in [-0.3, -0.25) is 9.78 Å². The molecule has 0 bridgehead atoms. The van der Waals surface area contributed by atoms with E-state index in [1.54, 1.807) is 0 Å². The number of hydrogen-bond donors (Lipinski definition) is 4. The Morgan fingerprint density at radius 2 is 2.25 bits per heavy atom. The highest BCUT2D eigenvalue weighted by Crippen LogP contribution is 2.05. The Balaban J connectivity index is 2.43. The molecule has 0 fully saturated rings. The van der Waals surface area contributed by atoms with Gasteiger partial charge in [-0.2, -0.15) is 5.21 Å². The summed E-state index contributed by atoms with van der Waals surface area (Å²) in [5, 5.41) is 21.9. The van der Waals surface area contributed by atoms with E-state index >= 15 is 0 Å². The third kappa shape index (κ3) is 2.00. The minimum atomic E-state index is -0.562. The first-order chi connectivity index (χ1) is 7.66. The summed E-state index contributed by atoms with van der Waals surface area (Å²) in [7, 11) is 0. The summed E-state index contributed by atoms with van der Waals surface area (Å²) in [6.07, 6.45) is 1.10. The lowest BCUT2D eigenvalue weighted by atomic mass is 10.3. The molecule has 0 spiro atoms. The van der Waals surface area contributed by atoms with Crippen LogP contribution in [0.15, 0.2) is 9.79 Å². The van der Waals surface area contributed by atoms with Crippen LogP contribution in [-0.2, 0) is 0 Å². The van der Waals surface area contributed by atoms with Crippen molar-refractivity contribution in [2.45, 2.75) is 0 Å². The summed E-state index contributed by atoms with van der Waals surface area (Å²) in [6.45, 7) is 0. The minimum Gasteiger partial charge on any atom is -0.494 e. The van der Waals surface area contributed by atoms with E-state index in [9.17, 15) is 9.90 Å². The zero-order valence-electron chi connectivity index (χ0n) is 7.63. The number of tetrazole rings is 1. The van der Waals surface area contributed by atoms with Crippen molar-refractivity contribution in [3.05, 3.63) is 20.7 Å². The maximum Gasteiger partial charge on any atom is 0.288 e. The van der Waals surface area contributed by atoms with E-state index in [1.165, 1.54) is 0 Å². The number of hydrogen-bond acceptors (Lipinski definition) is 7. The summed E-state index contributed by atoms with van der Waals surface area (Å²) in [5.74, 6) is -0.331. The number of aliphatic imine (C=N–C) groups is 1. The van der Waals surface area contributed by atoms with Crippen LogP contribution in [0, 0.1) is 4.77 Å². The van der Waals surface area contributed by atoms with Crippen molar-refractivity contribution >= 4 is 24.4 Å². The third-order valence-corrected chi connectivity index (χ3v) is 1.81. The molecule has 0 aliphatic rings. The van der Waals surface area contributed by atoms with E-state index in [4.69, 9.17) is 0 Å². The molecule has 0 radical (unpaired) electrons. The van der Waals surface area contributed by atoms with Gasteiger partial charge in [0.2, 0.25) is 5.88 Å². The van der Waals surface area contributed by atoms with Crippen LogP contribution in [0.4, 0.5) is 5.95 Å². The van der Waals surface area contributed by atoms with E-state index in [1.807, 2.05) is 0 Å². The molecule has 9 nitrogen and oxygen atoms in total. The first-order valence-electron chi connectivity index (χ1n) is 4.00. The molecular weight excluding hydrogens is 234 g/mol. The summed E-state index contributed by atoms with van der Waals surface area (Å²) < 4.78 is 0.0270. The minimum absolute atomic E-state index is 0.0270. The molecule has 16 heavy (non-hydrogen) atoms. The van der Waals surface area contributed by atoms with Crippen LogP contribution in [0.2, 0.25) is 0 Å². The molecule has 2 aromatic heterocycles. The molecule has 0 atom stereocenters. The average molecular weight is 239 g/mol. The van der Waals surface area contributed by atoms with Gasteiger partial charge < -0.3 is 10.1 Å². The predicted molar refractivity (Wildman–Crippen MR) is 55.3 cm³/mol. The van der Waals surface area contributed by atoms with Gasteiger partial charge in [0.15, 0.2) is 4.77 Å². The van der Waals surface area contributed by atoms with Gasteiger partial charge >= 0.3 is 0 Å². The number of nitrogens with zero attached hydrogens (tertiary/aromatic N) is 4. The van der Waals surface area contributed by atoms with Crippen molar-refractivity contribution in [1.82, 2.24) is 30.6 Å². The molecule has 0 aliphatic carbocycles. The summed E-state index contributed by atoms with van der Waals surface area (Å²) in [6, 6.07) is 0. The van der Waals surface area contributed by atoms with Crippen molar-refractivity contribution < 1.29 is 5.11 Å². The molecule has 0 aromatic carbocycles. The molecule has 0 unspecified atom stereocenters. The van der Waals surface area contributed by atoms with E-state index < -0.39 is 5.56 Å². The van der Waals surface area contributed by atoms with Crippen molar-refractivity contribution in [2.24, 2.45) is 4.99 Å². The predicted octanol–water partition coefficient (Wildman–Crippen LogP) is -0.598. The van der Waals surface area contributed by atoms with E-state index in [-0.39, 0.29) is 22.2 Å². The molecule has 2 aromatic rings. The van der Waals surface area contributed by atoms with E-state index in [0.717, 1.165) is 6.21 Å². The molecule has 82 valence electrons. The number of rotatable bonds is 2. The number of aromatic hydroxyl groups is 1. The SMILES string of the molecule is O=c1[nH]c(=S)[nH]c(O)c1/C=N/c1nn[nH]n1. The molecule has 2 rings (SSSR count). The van der Waals surface area contributed by atoms with Crippen LogP contribution in [0.3, 0.4) is 0 Å². The van der Waals surface area contributed by atoms with Gasteiger partial charge in [-0.15, -0.1) is 5.10 Å². The van der Waals surface area contributed by atoms with Crippen LogP contribution < -0.4 is 5.56 Å². The number of aromatic nitrogens is 6. The largest absolute Gasteiger partial charge is 0.494 e.